The highest BCUT2D eigenvalue weighted by atomic mass is 79.9. The fourth-order valence-corrected chi connectivity index (χ4v) is 2.34. The molecule has 0 spiro atoms. The molecule has 2 aromatic carbocycles. The van der Waals surface area contributed by atoms with Crippen LogP contribution in [0.15, 0.2) is 40.9 Å². The number of hydrogen-bond acceptors (Lipinski definition) is 4. The van der Waals surface area contributed by atoms with Gasteiger partial charge in [-0.05, 0) is 35.7 Å². The lowest BCUT2D eigenvalue weighted by Crippen LogP contribution is -1.95. The van der Waals surface area contributed by atoms with E-state index in [9.17, 15) is 10.1 Å². The molecule has 0 radical (unpaired) electrons. The van der Waals surface area contributed by atoms with E-state index in [0.717, 1.165) is 17.5 Å². The first-order valence-electron chi connectivity index (χ1n) is 6.39. The van der Waals surface area contributed by atoms with Crippen molar-refractivity contribution in [2.24, 2.45) is 0 Å². The number of benzene rings is 2. The van der Waals surface area contributed by atoms with E-state index in [1.807, 2.05) is 6.92 Å². The van der Waals surface area contributed by atoms with Gasteiger partial charge in [0.1, 0.15) is 5.75 Å². The van der Waals surface area contributed by atoms with Crippen molar-refractivity contribution in [2.45, 2.75) is 20.0 Å². The van der Waals surface area contributed by atoms with Gasteiger partial charge < -0.3 is 9.84 Å². The second-order valence-corrected chi connectivity index (χ2v) is 5.28. The molecule has 0 fully saturated rings. The lowest BCUT2D eigenvalue weighted by Gasteiger charge is -2.09. The average Bonchev–Trinajstić information content (AvgIpc) is 2.47. The normalized spacial score (nSPS) is 10.4. The van der Waals surface area contributed by atoms with Crippen LogP contribution in [0.25, 0.3) is 0 Å². The second-order valence-electron chi connectivity index (χ2n) is 4.43. The molecular weight excluding hydrogens is 338 g/mol. The number of nitro benzene ring substituents is 1. The van der Waals surface area contributed by atoms with Crippen molar-refractivity contribution in [1.82, 2.24) is 0 Å². The van der Waals surface area contributed by atoms with Crippen LogP contribution in [-0.2, 0) is 13.0 Å². The van der Waals surface area contributed by atoms with Crippen LogP contribution < -0.4 is 4.74 Å². The summed E-state index contributed by atoms with van der Waals surface area (Å²) < 4.78 is 6.29. The lowest BCUT2D eigenvalue weighted by atomic mass is 10.1. The first-order valence-corrected chi connectivity index (χ1v) is 7.19. The molecule has 0 aliphatic carbocycles. The summed E-state index contributed by atoms with van der Waals surface area (Å²) in [6.45, 7) is 1.84. The van der Waals surface area contributed by atoms with Gasteiger partial charge in [-0.25, -0.2) is 0 Å². The SMILES string of the molecule is CCc1ccc(Oc2ccc(CO)c(Br)c2)c([N+](=O)[O-])c1. The molecule has 0 atom stereocenters. The van der Waals surface area contributed by atoms with Crippen LogP contribution in [0, 0.1) is 10.1 Å². The van der Waals surface area contributed by atoms with Crippen LogP contribution >= 0.6 is 15.9 Å². The Morgan fingerprint density at radius 3 is 2.62 bits per heavy atom. The van der Waals surface area contributed by atoms with Crippen molar-refractivity contribution >= 4 is 21.6 Å². The fourth-order valence-electron chi connectivity index (χ4n) is 1.86. The Morgan fingerprint density at radius 2 is 2.05 bits per heavy atom. The minimum Gasteiger partial charge on any atom is -0.450 e. The first kappa shape index (κ1) is 15.5. The highest BCUT2D eigenvalue weighted by molar-refractivity contribution is 9.10. The summed E-state index contributed by atoms with van der Waals surface area (Å²) in [7, 11) is 0. The topological polar surface area (TPSA) is 72.6 Å². The Bertz CT molecular complexity index is 673. The van der Waals surface area contributed by atoms with E-state index in [0.29, 0.717) is 10.2 Å². The first-order chi connectivity index (χ1) is 10.0. The molecule has 0 unspecified atom stereocenters. The molecule has 0 aliphatic heterocycles. The molecule has 2 aromatic rings. The number of nitro groups is 1. The molecule has 5 nitrogen and oxygen atoms in total. The molecule has 0 amide bonds. The predicted octanol–water partition coefficient (Wildman–Crippen LogP) is 4.20. The minimum absolute atomic E-state index is 0.0586. The van der Waals surface area contributed by atoms with E-state index >= 15 is 0 Å². The number of hydrogen-bond donors (Lipinski definition) is 1. The van der Waals surface area contributed by atoms with Crippen molar-refractivity contribution in [3.8, 4) is 11.5 Å². The van der Waals surface area contributed by atoms with Crippen molar-refractivity contribution < 1.29 is 14.8 Å². The quantitative estimate of drug-likeness (QED) is 0.646. The molecule has 0 bridgehead atoms. The monoisotopic (exact) mass is 351 g/mol. The molecule has 6 heteroatoms. The molecule has 0 aromatic heterocycles. The predicted molar refractivity (Wildman–Crippen MR) is 82.6 cm³/mol. The standard InChI is InChI=1S/C15H14BrNO4/c1-2-10-3-6-15(14(7-10)17(19)20)21-12-5-4-11(9-18)13(16)8-12/h3-8,18H,2,9H2,1H3. The number of aryl methyl sites for hydroxylation is 1. The Hall–Kier alpha value is -1.92. The van der Waals surface area contributed by atoms with Gasteiger partial charge >= 0.3 is 5.69 Å². The zero-order chi connectivity index (χ0) is 15.4. The van der Waals surface area contributed by atoms with E-state index in [1.54, 1.807) is 30.3 Å². The molecule has 2 rings (SSSR count). The highest BCUT2D eigenvalue weighted by Crippen LogP contribution is 2.34. The third-order valence-corrected chi connectivity index (χ3v) is 3.79. The third kappa shape index (κ3) is 3.59. The zero-order valence-electron chi connectivity index (χ0n) is 11.4. The number of rotatable bonds is 5. The average molecular weight is 352 g/mol. The maximum atomic E-state index is 11.1. The van der Waals surface area contributed by atoms with E-state index < -0.39 is 4.92 Å². The largest absolute Gasteiger partial charge is 0.450 e. The lowest BCUT2D eigenvalue weighted by molar-refractivity contribution is -0.385. The van der Waals surface area contributed by atoms with Crippen LogP contribution in [0.3, 0.4) is 0 Å². The van der Waals surface area contributed by atoms with E-state index in [2.05, 4.69) is 15.9 Å². The van der Waals surface area contributed by atoms with Crippen LogP contribution in [0.4, 0.5) is 5.69 Å². The Morgan fingerprint density at radius 1 is 1.29 bits per heavy atom. The van der Waals surface area contributed by atoms with Crippen LogP contribution in [0.5, 0.6) is 11.5 Å². The van der Waals surface area contributed by atoms with Gasteiger partial charge in [0.05, 0.1) is 11.5 Å². The maximum Gasteiger partial charge on any atom is 0.311 e. The molecule has 21 heavy (non-hydrogen) atoms. The Labute approximate surface area is 130 Å². The number of nitrogens with zero attached hydrogens (tertiary/aromatic N) is 1. The summed E-state index contributed by atoms with van der Waals surface area (Å²) >= 11 is 3.32. The van der Waals surface area contributed by atoms with Crippen LogP contribution in [0.1, 0.15) is 18.1 Å². The van der Waals surface area contributed by atoms with E-state index in [1.165, 1.54) is 6.07 Å². The van der Waals surface area contributed by atoms with Crippen molar-refractivity contribution in [1.29, 1.82) is 0 Å². The van der Waals surface area contributed by atoms with Crippen LogP contribution in [0.2, 0.25) is 0 Å². The molecule has 0 saturated carbocycles. The zero-order valence-corrected chi connectivity index (χ0v) is 13.0. The van der Waals surface area contributed by atoms with Gasteiger partial charge in [-0.1, -0.05) is 35.0 Å². The number of ether oxygens (including phenoxy) is 1. The minimum atomic E-state index is -0.453. The van der Waals surface area contributed by atoms with Crippen LogP contribution in [-0.4, -0.2) is 10.0 Å². The maximum absolute atomic E-state index is 11.1. The summed E-state index contributed by atoms with van der Waals surface area (Å²) in [4.78, 5) is 10.7. The highest BCUT2D eigenvalue weighted by Gasteiger charge is 2.16. The number of halogens is 1. The van der Waals surface area contributed by atoms with Crippen molar-refractivity contribution in [3.63, 3.8) is 0 Å². The van der Waals surface area contributed by atoms with Gasteiger partial charge in [-0.15, -0.1) is 0 Å². The van der Waals surface area contributed by atoms with Gasteiger partial charge in [0.15, 0.2) is 0 Å². The summed E-state index contributed by atoms with van der Waals surface area (Å²) in [5.74, 6) is 0.660. The molecule has 0 aliphatic rings. The van der Waals surface area contributed by atoms with E-state index in [-0.39, 0.29) is 18.0 Å². The van der Waals surface area contributed by atoms with E-state index in [4.69, 9.17) is 9.84 Å². The molecule has 0 heterocycles. The Kier molecular flexibility index (Phi) is 4.93. The smallest absolute Gasteiger partial charge is 0.311 e. The van der Waals surface area contributed by atoms with Gasteiger partial charge in [-0.2, -0.15) is 0 Å². The Balaban J connectivity index is 2.35. The molecular formula is C15H14BrNO4. The fraction of sp³-hybridized carbons (Fsp3) is 0.200. The van der Waals surface area contributed by atoms with Gasteiger partial charge in [0, 0.05) is 10.5 Å². The third-order valence-electron chi connectivity index (χ3n) is 3.05. The van der Waals surface area contributed by atoms with Gasteiger partial charge in [-0.3, -0.25) is 10.1 Å². The summed E-state index contributed by atoms with van der Waals surface area (Å²) in [5, 5.41) is 20.2. The van der Waals surface area contributed by atoms with Crippen molar-refractivity contribution in [2.75, 3.05) is 0 Å². The number of aliphatic hydroxyl groups excluding tert-OH is 1. The number of aliphatic hydroxyl groups is 1. The van der Waals surface area contributed by atoms with Gasteiger partial charge in [0.25, 0.3) is 0 Å². The summed E-state index contributed by atoms with van der Waals surface area (Å²) in [5.41, 5.74) is 1.54. The summed E-state index contributed by atoms with van der Waals surface area (Å²) in [6.07, 6.45) is 0.720. The summed E-state index contributed by atoms with van der Waals surface area (Å²) in [6, 6.07) is 9.96. The molecule has 110 valence electrons. The van der Waals surface area contributed by atoms with Gasteiger partial charge in [0.2, 0.25) is 5.75 Å². The molecule has 0 saturated heterocycles. The van der Waals surface area contributed by atoms with Crippen molar-refractivity contribution in [3.05, 3.63) is 62.1 Å². The second kappa shape index (κ2) is 6.69. The molecule has 1 N–H and O–H groups in total.